The molecule has 11 heavy (non-hydrogen) atoms. The largest absolute Gasteiger partial charge is 0.343 e. The van der Waals surface area contributed by atoms with E-state index in [1.54, 1.807) is 4.90 Å². The third-order valence-corrected chi connectivity index (χ3v) is 2.17. The minimum absolute atomic E-state index is 0.139. The van der Waals surface area contributed by atoms with E-state index in [2.05, 4.69) is 5.32 Å². The molecule has 2 aliphatic rings. The lowest BCUT2D eigenvalue weighted by atomic mass is 10.1. The van der Waals surface area contributed by atoms with Crippen molar-refractivity contribution in [2.24, 2.45) is 0 Å². The first-order valence-electron chi connectivity index (χ1n) is 3.82. The maximum Gasteiger partial charge on any atom is 0.245 e. The minimum atomic E-state index is -0.439. The number of hydrogen-bond acceptors (Lipinski definition) is 3. The number of amides is 1. The lowest BCUT2D eigenvalue weighted by molar-refractivity contribution is -0.132. The number of rotatable bonds is 0. The quantitative estimate of drug-likeness (QED) is 0.514. The molecule has 2 heterocycles. The molecule has 0 aromatic carbocycles. The van der Waals surface area contributed by atoms with Crippen molar-refractivity contribution in [2.45, 2.75) is 25.7 Å². The third-order valence-electron chi connectivity index (χ3n) is 2.17. The Morgan fingerprint density at radius 3 is 3.09 bits per heavy atom. The molecule has 0 aromatic rings. The van der Waals surface area contributed by atoms with Crippen LogP contribution in [0.1, 0.15) is 13.8 Å². The van der Waals surface area contributed by atoms with Crippen LogP contribution in [0.25, 0.3) is 0 Å². The highest BCUT2D eigenvalue weighted by Gasteiger charge is 2.47. The van der Waals surface area contributed by atoms with Gasteiger partial charge in [-0.3, -0.25) is 10.1 Å². The fraction of sp³-hybridized carbons (Fsp3) is 0.857. The average Bonchev–Trinajstić information content (AvgIpc) is 2.39. The van der Waals surface area contributed by atoms with Gasteiger partial charge in [0.05, 0.1) is 12.1 Å². The Bertz CT molecular complexity index is 203. The molecule has 1 unspecified atom stereocenters. The van der Waals surface area contributed by atoms with Gasteiger partial charge in [0.1, 0.15) is 0 Å². The Hall–Kier alpha value is -0.610. The molecular weight excluding hydrogens is 144 g/mol. The van der Waals surface area contributed by atoms with E-state index in [9.17, 15) is 4.79 Å². The molecule has 0 saturated carbocycles. The Morgan fingerprint density at radius 1 is 1.73 bits per heavy atom. The third kappa shape index (κ3) is 0.862. The highest BCUT2D eigenvalue weighted by molar-refractivity contribution is 5.87. The van der Waals surface area contributed by atoms with Crippen molar-refractivity contribution in [2.75, 3.05) is 13.2 Å². The van der Waals surface area contributed by atoms with E-state index in [1.165, 1.54) is 0 Å². The number of ether oxygens (including phenoxy) is 1. The van der Waals surface area contributed by atoms with Gasteiger partial charge in [0.15, 0.2) is 6.35 Å². The molecule has 4 heteroatoms. The summed E-state index contributed by atoms with van der Waals surface area (Å²) in [4.78, 5) is 13.2. The van der Waals surface area contributed by atoms with Gasteiger partial charge < -0.3 is 9.64 Å². The van der Waals surface area contributed by atoms with Crippen LogP contribution in [0.3, 0.4) is 0 Å². The zero-order valence-corrected chi connectivity index (χ0v) is 6.76. The number of fused-ring (bicyclic) bond motifs is 1. The molecule has 0 radical (unpaired) electrons. The van der Waals surface area contributed by atoms with Crippen LogP contribution in [0.5, 0.6) is 0 Å². The second-order valence-corrected chi connectivity index (χ2v) is 3.49. The minimum Gasteiger partial charge on any atom is -0.343 e. The van der Waals surface area contributed by atoms with Gasteiger partial charge in [-0.2, -0.15) is 0 Å². The Kier molecular flexibility index (Phi) is 1.25. The SMILES string of the molecule is CC1(C)NC2OCCN2C1=O. The van der Waals surface area contributed by atoms with Crippen LogP contribution in [-0.2, 0) is 9.53 Å². The predicted octanol–water partition coefficient (Wildman–Crippen LogP) is -0.489. The van der Waals surface area contributed by atoms with Crippen LogP contribution in [0.4, 0.5) is 0 Å². The summed E-state index contributed by atoms with van der Waals surface area (Å²) in [6.45, 7) is 5.12. The number of hydrogen-bond donors (Lipinski definition) is 1. The molecule has 2 fully saturated rings. The van der Waals surface area contributed by atoms with Gasteiger partial charge >= 0.3 is 0 Å². The van der Waals surface area contributed by atoms with E-state index >= 15 is 0 Å². The maximum atomic E-state index is 11.5. The van der Waals surface area contributed by atoms with Gasteiger partial charge in [-0.25, -0.2) is 0 Å². The van der Waals surface area contributed by atoms with Crippen molar-refractivity contribution < 1.29 is 9.53 Å². The fourth-order valence-corrected chi connectivity index (χ4v) is 1.53. The van der Waals surface area contributed by atoms with E-state index < -0.39 is 5.54 Å². The number of carbonyl (C=O) groups is 1. The molecule has 62 valence electrons. The summed E-state index contributed by atoms with van der Waals surface area (Å²) in [6.07, 6.45) is -0.169. The number of nitrogens with zero attached hydrogens (tertiary/aromatic N) is 1. The maximum absolute atomic E-state index is 11.5. The van der Waals surface area contributed by atoms with Crippen molar-refractivity contribution in [1.82, 2.24) is 10.2 Å². The first-order valence-corrected chi connectivity index (χ1v) is 3.82. The van der Waals surface area contributed by atoms with E-state index in [-0.39, 0.29) is 12.3 Å². The zero-order chi connectivity index (χ0) is 8.06. The van der Waals surface area contributed by atoms with Gasteiger partial charge in [0, 0.05) is 6.54 Å². The molecule has 1 N–H and O–H groups in total. The summed E-state index contributed by atoms with van der Waals surface area (Å²) in [6, 6.07) is 0. The van der Waals surface area contributed by atoms with E-state index in [4.69, 9.17) is 4.74 Å². The molecule has 1 atom stereocenters. The Balaban J connectivity index is 2.23. The van der Waals surface area contributed by atoms with E-state index in [0.29, 0.717) is 6.61 Å². The van der Waals surface area contributed by atoms with Crippen LogP contribution >= 0.6 is 0 Å². The Labute approximate surface area is 65.5 Å². The molecule has 0 aromatic heterocycles. The van der Waals surface area contributed by atoms with Crippen molar-refractivity contribution in [3.8, 4) is 0 Å². The molecule has 2 aliphatic heterocycles. The van der Waals surface area contributed by atoms with Gasteiger partial charge in [-0.05, 0) is 13.8 Å². The van der Waals surface area contributed by atoms with Crippen molar-refractivity contribution in [3.05, 3.63) is 0 Å². The second-order valence-electron chi connectivity index (χ2n) is 3.49. The summed E-state index contributed by atoms with van der Waals surface area (Å²) < 4.78 is 5.28. The van der Waals surface area contributed by atoms with Crippen LogP contribution in [-0.4, -0.2) is 35.8 Å². The van der Waals surface area contributed by atoms with Crippen LogP contribution in [0, 0.1) is 0 Å². The van der Waals surface area contributed by atoms with Crippen molar-refractivity contribution in [3.63, 3.8) is 0 Å². The van der Waals surface area contributed by atoms with Gasteiger partial charge in [-0.15, -0.1) is 0 Å². The second kappa shape index (κ2) is 1.95. The fourth-order valence-electron chi connectivity index (χ4n) is 1.53. The standard InChI is InChI=1S/C7H12N2O2/c1-7(2)5(10)9-3-4-11-6(9)8-7/h6,8H,3-4H2,1-2H3. The normalized spacial score (nSPS) is 34.5. The zero-order valence-electron chi connectivity index (χ0n) is 6.76. The highest BCUT2D eigenvalue weighted by atomic mass is 16.5. The topological polar surface area (TPSA) is 41.6 Å². The van der Waals surface area contributed by atoms with Gasteiger partial charge in [0.2, 0.25) is 5.91 Å². The molecule has 0 bridgehead atoms. The van der Waals surface area contributed by atoms with Crippen LogP contribution < -0.4 is 5.32 Å². The lowest BCUT2D eigenvalue weighted by Gasteiger charge is -2.15. The molecule has 0 aliphatic carbocycles. The molecule has 4 nitrogen and oxygen atoms in total. The highest BCUT2D eigenvalue weighted by Crippen LogP contribution is 2.23. The van der Waals surface area contributed by atoms with Crippen LogP contribution in [0.15, 0.2) is 0 Å². The average molecular weight is 156 g/mol. The molecule has 0 spiro atoms. The summed E-state index contributed by atoms with van der Waals surface area (Å²) >= 11 is 0. The Morgan fingerprint density at radius 2 is 2.45 bits per heavy atom. The molecule has 1 amide bonds. The van der Waals surface area contributed by atoms with E-state index in [0.717, 1.165) is 6.54 Å². The van der Waals surface area contributed by atoms with Crippen LogP contribution in [0.2, 0.25) is 0 Å². The van der Waals surface area contributed by atoms with E-state index in [1.807, 2.05) is 13.8 Å². The van der Waals surface area contributed by atoms with Gasteiger partial charge in [-0.1, -0.05) is 0 Å². The number of nitrogens with one attached hydrogen (secondary N) is 1. The summed E-state index contributed by atoms with van der Waals surface area (Å²) in [5.41, 5.74) is -0.439. The summed E-state index contributed by atoms with van der Waals surface area (Å²) in [5, 5.41) is 3.10. The monoisotopic (exact) mass is 156 g/mol. The predicted molar refractivity (Wildman–Crippen MR) is 38.7 cm³/mol. The van der Waals surface area contributed by atoms with Crippen molar-refractivity contribution >= 4 is 5.91 Å². The lowest BCUT2D eigenvalue weighted by Crippen LogP contribution is -2.42. The molecule has 2 rings (SSSR count). The summed E-state index contributed by atoms with van der Waals surface area (Å²) in [7, 11) is 0. The molecule has 2 saturated heterocycles. The van der Waals surface area contributed by atoms with Gasteiger partial charge in [0.25, 0.3) is 0 Å². The first-order chi connectivity index (χ1) is 5.11. The summed E-state index contributed by atoms with van der Waals surface area (Å²) in [5.74, 6) is 0.139. The van der Waals surface area contributed by atoms with Crippen molar-refractivity contribution in [1.29, 1.82) is 0 Å². The smallest absolute Gasteiger partial charge is 0.245 e. The number of carbonyl (C=O) groups excluding carboxylic acids is 1. The first kappa shape index (κ1) is 7.06. The molecular formula is C7H12N2O2.